The van der Waals surface area contributed by atoms with E-state index < -0.39 is 5.60 Å². The predicted molar refractivity (Wildman–Crippen MR) is 124 cm³/mol. The van der Waals surface area contributed by atoms with Gasteiger partial charge >= 0.3 is 0 Å². The minimum atomic E-state index is -0.955. The number of carbonyl (C=O) groups excluding carboxylic acids is 1. The first kappa shape index (κ1) is 21.2. The van der Waals surface area contributed by atoms with Gasteiger partial charge in [-0.15, -0.1) is 5.92 Å². The Morgan fingerprint density at radius 3 is 2.66 bits per heavy atom. The summed E-state index contributed by atoms with van der Waals surface area (Å²) >= 11 is 0. The van der Waals surface area contributed by atoms with Crippen molar-refractivity contribution in [3.63, 3.8) is 0 Å². The van der Waals surface area contributed by atoms with E-state index in [9.17, 15) is 9.90 Å². The molecule has 0 aliphatic heterocycles. The van der Waals surface area contributed by atoms with Crippen molar-refractivity contribution in [2.75, 3.05) is 0 Å². The van der Waals surface area contributed by atoms with Crippen LogP contribution in [-0.2, 0) is 4.79 Å². The maximum absolute atomic E-state index is 12.1. The zero-order valence-corrected chi connectivity index (χ0v) is 18.9. The smallest absolute Gasteiger partial charge is 0.156 e. The molecule has 0 aromatic heterocycles. The molecule has 32 heavy (non-hydrogen) atoms. The molecule has 0 saturated heterocycles. The number of oxime groups is 1. The summed E-state index contributed by atoms with van der Waals surface area (Å²) < 4.78 is 0. The Labute approximate surface area is 190 Å². The van der Waals surface area contributed by atoms with Crippen LogP contribution in [0.3, 0.4) is 0 Å². The first-order valence-electron chi connectivity index (χ1n) is 11.8. The number of allylic oxidation sites excluding steroid dienone is 4. The van der Waals surface area contributed by atoms with E-state index in [1.54, 1.807) is 0 Å². The van der Waals surface area contributed by atoms with Gasteiger partial charge in [-0.2, -0.15) is 0 Å². The summed E-state index contributed by atoms with van der Waals surface area (Å²) in [6.07, 6.45) is 9.35. The first-order chi connectivity index (χ1) is 15.4. The zero-order valence-electron chi connectivity index (χ0n) is 18.9. The van der Waals surface area contributed by atoms with Crippen LogP contribution in [0.25, 0.3) is 0 Å². The van der Waals surface area contributed by atoms with Crippen molar-refractivity contribution in [1.29, 1.82) is 0 Å². The Morgan fingerprint density at radius 1 is 1.16 bits per heavy atom. The molecule has 0 amide bonds. The number of rotatable bonds is 2. The van der Waals surface area contributed by atoms with E-state index in [2.05, 4.69) is 36.1 Å². The summed E-state index contributed by atoms with van der Waals surface area (Å²) in [7, 11) is 0. The van der Waals surface area contributed by atoms with Gasteiger partial charge in [-0.3, -0.25) is 4.79 Å². The molecule has 4 aliphatic rings. The molecular formula is C28H31NO3. The highest BCUT2D eigenvalue weighted by Crippen LogP contribution is 2.66. The van der Waals surface area contributed by atoms with Gasteiger partial charge in [-0.25, -0.2) is 0 Å². The second-order valence-electron chi connectivity index (χ2n) is 10.2. The molecule has 2 saturated carbocycles. The Kier molecular flexibility index (Phi) is 5.13. The average Bonchev–Trinajstić information content (AvgIpc) is 3.04. The molecule has 5 rings (SSSR count). The molecule has 4 heteroatoms. The lowest BCUT2D eigenvalue weighted by atomic mass is 9.51. The van der Waals surface area contributed by atoms with Crippen molar-refractivity contribution in [3.8, 4) is 11.8 Å². The van der Waals surface area contributed by atoms with Crippen molar-refractivity contribution < 1.29 is 15.1 Å². The van der Waals surface area contributed by atoms with Crippen molar-refractivity contribution in [2.45, 2.75) is 70.3 Å². The Bertz CT molecular complexity index is 1100. The largest absolute Gasteiger partial charge is 0.411 e. The molecule has 4 nitrogen and oxygen atoms in total. The highest BCUT2D eigenvalue weighted by molar-refractivity contribution is 5.93. The molecule has 2 N–H and O–H groups in total. The predicted octanol–water partition coefficient (Wildman–Crippen LogP) is 5.15. The van der Waals surface area contributed by atoms with Gasteiger partial charge in [0.25, 0.3) is 0 Å². The van der Waals surface area contributed by atoms with Gasteiger partial charge in [0.05, 0.1) is 6.21 Å². The van der Waals surface area contributed by atoms with Crippen LogP contribution >= 0.6 is 0 Å². The molecule has 0 spiro atoms. The first-order valence-corrected chi connectivity index (χ1v) is 11.8. The lowest BCUT2D eigenvalue weighted by Crippen LogP contribution is -2.51. The van der Waals surface area contributed by atoms with Crippen LogP contribution in [-0.4, -0.2) is 27.9 Å². The van der Waals surface area contributed by atoms with E-state index in [1.807, 2.05) is 25.1 Å². The summed E-state index contributed by atoms with van der Waals surface area (Å²) in [4.78, 5) is 12.1. The number of benzene rings is 1. The molecule has 0 heterocycles. The number of ketones is 1. The van der Waals surface area contributed by atoms with Gasteiger partial charge in [0, 0.05) is 17.8 Å². The number of fused-ring (bicyclic) bond motifs is 4. The standard InChI is InChI=1S/C28H31NO3/c1-3-13-28(31)14-12-25-23-10-8-20-15-21(30)9-11-22(20)26(23)24(16-27(25,28)2)19-6-4-18(5-7-19)17-29-32/h4-7,15,17,23-25,31-32H,8-12,14,16H2,1-2H3/b29-17+/t23-,24+,25-,27-,28-/m0/s1. The van der Waals surface area contributed by atoms with Crippen LogP contribution < -0.4 is 0 Å². The SMILES string of the molecule is CC#C[C@]1(O)CC[C@H]2[C@@H]3CCC4=CC(=O)CCC4=C3[C@@H](c3ccc(/C=N/O)cc3)C[C@@]21C. The second-order valence-corrected chi connectivity index (χ2v) is 10.2. The molecule has 0 radical (unpaired) electrons. The Morgan fingerprint density at radius 2 is 1.94 bits per heavy atom. The number of nitrogens with zero attached hydrogens (tertiary/aromatic N) is 1. The van der Waals surface area contributed by atoms with E-state index in [0.717, 1.165) is 44.1 Å². The maximum Gasteiger partial charge on any atom is 0.156 e. The lowest BCUT2D eigenvalue weighted by Gasteiger charge is -2.53. The Hall–Kier alpha value is -2.64. The average molecular weight is 430 g/mol. The summed E-state index contributed by atoms with van der Waals surface area (Å²) in [5, 5.41) is 23.7. The normalized spacial score (nSPS) is 36.2. The molecule has 4 aliphatic carbocycles. The van der Waals surface area contributed by atoms with Crippen LogP contribution in [0.5, 0.6) is 0 Å². The fourth-order valence-electron chi connectivity index (χ4n) is 7.26. The molecule has 2 fully saturated rings. The molecule has 0 unspecified atom stereocenters. The van der Waals surface area contributed by atoms with Crippen LogP contribution in [0.15, 0.2) is 52.2 Å². The van der Waals surface area contributed by atoms with Crippen molar-refractivity contribution in [3.05, 3.63) is 58.2 Å². The number of aliphatic hydroxyl groups is 1. The van der Waals surface area contributed by atoms with Crippen LogP contribution in [0.4, 0.5) is 0 Å². The van der Waals surface area contributed by atoms with Gasteiger partial charge < -0.3 is 10.3 Å². The van der Waals surface area contributed by atoms with Gasteiger partial charge in [0.2, 0.25) is 0 Å². The van der Waals surface area contributed by atoms with Crippen LogP contribution in [0.2, 0.25) is 0 Å². The van der Waals surface area contributed by atoms with E-state index in [-0.39, 0.29) is 17.1 Å². The molecule has 5 atom stereocenters. The van der Waals surface area contributed by atoms with Crippen molar-refractivity contribution >= 4 is 12.0 Å². The minimum absolute atomic E-state index is 0.191. The van der Waals surface area contributed by atoms with E-state index >= 15 is 0 Å². The number of carbonyl (C=O) groups is 1. The summed E-state index contributed by atoms with van der Waals surface area (Å²) in [5.74, 6) is 7.49. The maximum atomic E-state index is 12.1. The lowest BCUT2D eigenvalue weighted by molar-refractivity contribution is -0.114. The second kappa shape index (κ2) is 7.74. The molecule has 1 aromatic rings. The summed E-state index contributed by atoms with van der Waals surface area (Å²) in [5.41, 5.74) is 5.01. The number of hydrogen-bond donors (Lipinski definition) is 2. The van der Waals surface area contributed by atoms with Crippen LogP contribution in [0, 0.1) is 29.1 Å². The highest BCUT2D eigenvalue weighted by atomic mass is 16.4. The highest BCUT2D eigenvalue weighted by Gasteiger charge is 2.62. The van der Waals surface area contributed by atoms with Crippen molar-refractivity contribution in [1.82, 2.24) is 0 Å². The fourth-order valence-corrected chi connectivity index (χ4v) is 7.26. The fraction of sp³-hybridized carbons (Fsp3) is 0.500. The third kappa shape index (κ3) is 3.10. The third-order valence-corrected chi connectivity index (χ3v) is 8.76. The molecule has 166 valence electrons. The van der Waals surface area contributed by atoms with E-state index in [0.29, 0.717) is 18.3 Å². The number of hydrogen-bond acceptors (Lipinski definition) is 4. The van der Waals surface area contributed by atoms with E-state index in [4.69, 9.17) is 5.21 Å². The summed E-state index contributed by atoms with van der Waals surface area (Å²) in [6.45, 7) is 4.08. The quantitative estimate of drug-likeness (QED) is 0.296. The Balaban J connectivity index is 1.67. The summed E-state index contributed by atoms with van der Waals surface area (Å²) in [6, 6.07) is 8.23. The topological polar surface area (TPSA) is 69.9 Å². The van der Waals surface area contributed by atoms with Gasteiger partial charge in [0.1, 0.15) is 5.60 Å². The third-order valence-electron chi connectivity index (χ3n) is 8.76. The molecule has 0 bridgehead atoms. The van der Waals surface area contributed by atoms with Crippen molar-refractivity contribution in [2.24, 2.45) is 22.4 Å². The van der Waals surface area contributed by atoms with Gasteiger partial charge in [-0.1, -0.05) is 47.8 Å². The molecular weight excluding hydrogens is 398 g/mol. The van der Waals surface area contributed by atoms with Crippen LogP contribution in [0.1, 0.15) is 75.8 Å². The van der Waals surface area contributed by atoms with Gasteiger partial charge in [-0.05, 0) is 85.6 Å². The minimum Gasteiger partial charge on any atom is -0.411 e. The zero-order chi connectivity index (χ0) is 22.5. The van der Waals surface area contributed by atoms with E-state index in [1.165, 1.54) is 28.5 Å². The van der Waals surface area contributed by atoms with Gasteiger partial charge in [0.15, 0.2) is 5.78 Å². The molecule has 1 aromatic carbocycles. The monoisotopic (exact) mass is 429 g/mol.